The number of benzene rings is 1. The van der Waals surface area contributed by atoms with E-state index >= 15 is 0 Å². The number of nitrogens with zero attached hydrogens (tertiary/aromatic N) is 2. The Morgan fingerprint density at radius 2 is 1.89 bits per heavy atom. The van der Waals surface area contributed by atoms with E-state index in [1.807, 2.05) is 18.5 Å². The zero-order valence-corrected chi connectivity index (χ0v) is 11.6. The molecule has 0 unspecified atom stereocenters. The minimum atomic E-state index is 0.873. The molecule has 1 aromatic heterocycles. The standard InChI is InChI=1S/C16H21N3/c1-3-17-12-14-10-11-18-13-16(14)19(4-2)15-8-6-5-7-9-15/h5-11,13,17H,3-4,12H2,1-2H3. The molecule has 0 bridgehead atoms. The van der Waals surface area contributed by atoms with Crippen LogP contribution < -0.4 is 10.2 Å². The van der Waals surface area contributed by atoms with Gasteiger partial charge in [0, 0.05) is 25.0 Å². The molecule has 2 aromatic rings. The van der Waals surface area contributed by atoms with Crippen LogP contribution in [0.15, 0.2) is 48.8 Å². The van der Waals surface area contributed by atoms with Gasteiger partial charge >= 0.3 is 0 Å². The van der Waals surface area contributed by atoms with Crippen molar-refractivity contribution in [3.8, 4) is 0 Å². The van der Waals surface area contributed by atoms with E-state index in [9.17, 15) is 0 Å². The van der Waals surface area contributed by atoms with E-state index in [1.54, 1.807) is 0 Å². The van der Waals surface area contributed by atoms with Gasteiger partial charge in [-0.3, -0.25) is 4.98 Å². The first-order valence-electron chi connectivity index (χ1n) is 6.83. The number of rotatable bonds is 6. The lowest BCUT2D eigenvalue weighted by atomic mass is 10.2. The Bertz CT molecular complexity index is 496. The van der Waals surface area contributed by atoms with E-state index < -0.39 is 0 Å². The molecular formula is C16H21N3. The minimum absolute atomic E-state index is 0.873. The third-order valence-corrected chi connectivity index (χ3v) is 3.13. The van der Waals surface area contributed by atoms with Crippen molar-refractivity contribution in [3.05, 3.63) is 54.4 Å². The maximum atomic E-state index is 4.28. The van der Waals surface area contributed by atoms with Crippen molar-refractivity contribution >= 4 is 11.4 Å². The first kappa shape index (κ1) is 13.6. The van der Waals surface area contributed by atoms with Gasteiger partial charge in [0.2, 0.25) is 0 Å². The van der Waals surface area contributed by atoms with E-state index in [2.05, 4.69) is 59.4 Å². The molecule has 2 rings (SSSR count). The molecule has 0 amide bonds. The van der Waals surface area contributed by atoms with Gasteiger partial charge in [-0.05, 0) is 37.2 Å². The van der Waals surface area contributed by atoms with Crippen LogP contribution in [0.5, 0.6) is 0 Å². The van der Waals surface area contributed by atoms with E-state index in [-0.39, 0.29) is 0 Å². The Balaban J connectivity index is 2.33. The zero-order chi connectivity index (χ0) is 13.5. The summed E-state index contributed by atoms with van der Waals surface area (Å²) in [6.07, 6.45) is 3.80. The van der Waals surface area contributed by atoms with E-state index in [0.29, 0.717) is 0 Å². The third kappa shape index (κ3) is 3.32. The first-order chi connectivity index (χ1) is 9.36. The second kappa shape index (κ2) is 6.90. The molecule has 0 aliphatic carbocycles. The lowest BCUT2D eigenvalue weighted by Gasteiger charge is -2.25. The molecule has 0 saturated carbocycles. The van der Waals surface area contributed by atoms with Gasteiger partial charge < -0.3 is 10.2 Å². The van der Waals surface area contributed by atoms with Gasteiger partial charge in [-0.25, -0.2) is 0 Å². The van der Waals surface area contributed by atoms with Crippen LogP contribution in [0.4, 0.5) is 11.4 Å². The normalized spacial score (nSPS) is 10.4. The number of nitrogens with one attached hydrogen (secondary N) is 1. The number of aromatic nitrogens is 1. The van der Waals surface area contributed by atoms with Crippen LogP contribution in [-0.2, 0) is 6.54 Å². The fourth-order valence-corrected chi connectivity index (χ4v) is 2.17. The van der Waals surface area contributed by atoms with Gasteiger partial charge in [0.05, 0.1) is 11.9 Å². The van der Waals surface area contributed by atoms with Gasteiger partial charge in [0.15, 0.2) is 0 Å². The fourth-order valence-electron chi connectivity index (χ4n) is 2.17. The van der Waals surface area contributed by atoms with E-state index in [1.165, 1.54) is 16.9 Å². The van der Waals surface area contributed by atoms with Crippen LogP contribution in [0, 0.1) is 0 Å². The first-order valence-corrected chi connectivity index (χ1v) is 6.83. The maximum absolute atomic E-state index is 4.28. The molecule has 1 aromatic carbocycles. The number of hydrogen-bond acceptors (Lipinski definition) is 3. The predicted molar refractivity (Wildman–Crippen MR) is 80.7 cm³/mol. The summed E-state index contributed by atoms with van der Waals surface area (Å²) in [6.45, 7) is 7.05. The molecule has 0 atom stereocenters. The Labute approximate surface area is 115 Å². The lowest BCUT2D eigenvalue weighted by Crippen LogP contribution is -2.20. The SMILES string of the molecule is CCNCc1ccncc1N(CC)c1ccccc1. The molecule has 1 N–H and O–H groups in total. The molecule has 3 nitrogen and oxygen atoms in total. The van der Waals surface area contributed by atoms with Crippen LogP contribution in [0.3, 0.4) is 0 Å². The van der Waals surface area contributed by atoms with Crippen molar-refractivity contribution in [2.24, 2.45) is 0 Å². The van der Waals surface area contributed by atoms with Gasteiger partial charge in [-0.2, -0.15) is 0 Å². The topological polar surface area (TPSA) is 28.2 Å². The summed E-state index contributed by atoms with van der Waals surface area (Å²) >= 11 is 0. The quantitative estimate of drug-likeness (QED) is 0.858. The summed E-state index contributed by atoms with van der Waals surface area (Å²) in [5, 5.41) is 3.38. The Hall–Kier alpha value is -1.87. The number of anilines is 2. The average molecular weight is 255 g/mol. The largest absolute Gasteiger partial charge is 0.340 e. The molecule has 0 aliphatic rings. The summed E-state index contributed by atoms with van der Waals surface area (Å²) in [7, 11) is 0. The van der Waals surface area contributed by atoms with Crippen LogP contribution in [0.25, 0.3) is 0 Å². The summed E-state index contributed by atoms with van der Waals surface area (Å²) in [5.41, 5.74) is 3.66. The van der Waals surface area contributed by atoms with E-state index in [4.69, 9.17) is 0 Å². The van der Waals surface area contributed by atoms with Crippen LogP contribution in [0.1, 0.15) is 19.4 Å². The highest BCUT2D eigenvalue weighted by atomic mass is 15.1. The summed E-state index contributed by atoms with van der Waals surface area (Å²) in [4.78, 5) is 6.57. The highest BCUT2D eigenvalue weighted by Crippen LogP contribution is 2.27. The van der Waals surface area contributed by atoms with Crippen molar-refractivity contribution < 1.29 is 0 Å². The van der Waals surface area contributed by atoms with Crippen LogP contribution in [-0.4, -0.2) is 18.1 Å². The summed E-state index contributed by atoms with van der Waals surface area (Å²) < 4.78 is 0. The maximum Gasteiger partial charge on any atom is 0.0642 e. The van der Waals surface area contributed by atoms with Gasteiger partial charge in [0.25, 0.3) is 0 Å². The minimum Gasteiger partial charge on any atom is -0.340 e. The second-order valence-electron chi connectivity index (χ2n) is 4.36. The Kier molecular flexibility index (Phi) is 4.93. The van der Waals surface area contributed by atoms with Gasteiger partial charge in [0.1, 0.15) is 0 Å². The molecule has 100 valence electrons. The highest BCUT2D eigenvalue weighted by Gasteiger charge is 2.11. The second-order valence-corrected chi connectivity index (χ2v) is 4.36. The van der Waals surface area contributed by atoms with Crippen molar-refractivity contribution in [3.63, 3.8) is 0 Å². The molecule has 0 spiro atoms. The fraction of sp³-hybridized carbons (Fsp3) is 0.312. The third-order valence-electron chi connectivity index (χ3n) is 3.13. The number of para-hydroxylation sites is 1. The zero-order valence-electron chi connectivity index (χ0n) is 11.6. The smallest absolute Gasteiger partial charge is 0.0642 e. The van der Waals surface area contributed by atoms with Crippen molar-refractivity contribution in [1.82, 2.24) is 10.3 Å². The summed E-state index contributed by atoms with van der Waals surface area (Å²) in [5.74, 6) is 0. The molecule has 0 aliphatic heterocycles. The molecular weight excluding hydrogens is 234 g/mol. The van der Waals surface area contributed by atoms with Crippen molar-refractivity contribution in [2.45, 2.75) is 20.4 Å². The number of pyridine rings is 1. The Morgan fingerprint density at radius 3 is 2.58 bits per heavy atom. The molecule has 3 heteroatoms. The Morgan fingerprint density at radius 1 is 1.11 bits per heavy atom. The van der Waals surface area contributed by atoms with Crippen LogP contribution in [0.2, 0.25) is 0 Å². The molecule has 0 radical (unpaired) electrons. The summed E-state index contributed by atoms with van der Waals surface area (Å²) in [6, 6.07) is 12.5. The van der Waals surface area contributed by atoms with Crippen LogP contribution >= 0.6 is 0 Å². The average Bonchev–Trinajstić information content (AvgIpc) is 2.48. The molecule has 1 heterocycles. The predicted octanol–water partition coefficient (Wildman–Crippen LogP) is 3.35. The van der Waals surface area contributed by atoms with Crippen molar-refractivity contribution in [1.29, 1.82) is 0 Å². The van der Waals surface area contributed by atoms with Gasteiger partial charge in [-0.1, -0.05) is 25.1 Å². The molecule has 0 fully saturated rings. The highest BCUT2D eigenvalue weighted by molar-refractivity contribution is 5.65. The lowest BCUT2D eigenvalue weighted by molar-refractivity contribution is 0.724. The van der Waals surface area contributed by atoms with Crippen molar-refractivity contribution in [2.75, 3.05) is 18.0 Å². The molecule has 0 saturated heterocycles. The molecule has 19 heavy (non-hydrogen) atoms. The van der Waals surface area contributed by atoms with Gasteiger partial charge in [-0.15, -0.1) is 0 Å². The number of hydrogen-bond donors (Lipinski definition) is 1. The monoisotopic (exact) mass is 255 g/mol. The van der Waals surface area contributed by atoms with E-state index in [0.717, 1.165) is 19.6 Å².